The molecule has 2 N–H and O–H groups in total. The lowest BCUT2D eigenvalue weighted by Gasteiger charge is -2.39. The Balaban J connectivity index is 0.00000109. The predicted molar refractivity (Wildman–Crippen MR) is 108 cm³/mol. The van der Waals surface area contributed by atoms with E-state index in [1.54, 1.807) is 18.2 Å². The van der Waals surface area contributed by atoms with Crippen LogP contribution in [-0.2, 0) is 16.8 Å². The van der Waals surface area contributed by atoms with Crippen LogP contribution in [0.5, 0.6) is 0 Å². The Morgan fingerprint density at radius 2 is 2.04 bits per heavy atom. The number of aliphatic hydroxyl groups is 1. The van der Waals surface area contributed by atoms with Crippen LogP contribution >= 0.6 is 34.2 Å². The maximum Gasteiger partial charge on any atom is 0.123 e. The second kappa shape index (κ2) is 9.83. The van der Waals surface area contributed by atoms with Crippen LogP contribution in [0.25, 0.3) is 0 Å². The van der Waals surface area contributed by atoms with Gasteiger partial charge in [0.05, 0.1) is 6.61 Å². The zero-order valence-electron chi connectivity index (χ0n) is 14.0. The van der Waals surface area contributed by atoms with Crippen LogP contribution in [0.3, 0.4) is 0 Å². The van der Waals surface area contributed by atoms with E-state index >= 15 is 0 Å². The summed E-state index contributed by atoms with van der Waals surface area (Å²) in [5.74, 6) is -0.385. The molecule has 0 aromatic heterocycles. The largest absolute Gasteiger partial charge is 0.382 e. The molecule has 0 radical (unpaired) electrons. The fourth-order valence-corrected chi connectivity index (χ4v) is 3.17. The molecule has 1 saturated heterocycles. The first kappa shape index (κ1) is 20.6. The van der Waals surface area contributed by atoms with Gasteiger partial charge in [0, 0.05) is 24.5 Å². The first-order chi connectivity index (χ1) is 12.1. The van der Waals surface area contributed by atoms with Gasteiger partial charge >= 0.3 is 0 Å². The molecule has 1 aliphatic rings. The first-order valence-corrected chi connectivity index (χ1v) is 10.5. The third-order valence-corrected chi connectivity index (χ3v) is 4.57. The summed E-state index contributed by atoms with van der Waals surface area (Å²) in [6, 6.07) is 13.4. The van der Waals surface area contributed by atoms with E-state index in [2.05, 4.69) is 27.9 Å². The highest BCUT2D eigenvalue weighted by Crippen LogP contribution is 2.34. The number of rotatable bonds is 4. The molecule has 3 nitrogen and oxygen atoms in total. The summed E-state index contributed by atoms with van der Waals surface area (Å²) in [7, 11) is 0. The van der Waals surface area contributed by atoms with Gasteiger partial charge in [-0.25, -0.2) is 4.39 Å². The Bertz CT molecular complexity index is 682. The van der Waals surface area contributed by atoms with Gasteiger partial charge in [-0.1, -0.05) is 64.5 Å². The lowest BCUT2D eigenvalue weighted by atomic mass is 9.82. The number of ether oxygens (including phenoxy) is 1. The summed E-state index contributed by atoms with van der Waals surface area (Å²) >= 11 is 8.40. The van der Waals surface area contributed by atoms with Crippen molar-refractivity contribution in [3.8, 4) is 0 Å². The van der Waals surface area contributed by atoms with Crippen molar-refractivity contribution in [2.45, 2.75) is 18.1 Å². The van der Waals surface area contributed by atoms with E-state index in [0.717, 1.165) is 12.1 Å². The highest BCUT2D eigenvalue weighted by atomic mass is 127. The quantitative estimate of drug-likeness (QED) is 0.518. The summed E-state index contributed by atoms with van der Waals surface area (Å²) in [4.78, 5) is 1.97. The third kappa shape index (κ3) is 5.14. The molecular formula is C19H22ClFINO2. The minimum absolute atomic E-state index is 0.252. The summed E-state index contributed by atoms with van der Waals surface area (Å²) in [5, 5.41) is 15.2. The molecule has 0 aliphatic carbocycles. The Hall–Kier alpha value is -0.730. The van der Waals surface area contributed by atoms with Crippen molar-refractivity contribution in [1.82, 2.24) is 5.32 Å². The van der Waals surface area contributed by atoms with E-state index in [0.29, 0.717) is 23.7 Å². The van der Waals surface area contributed by atoms with Gasteiger partial charge in [-0.2, -0.15) is 0 Å². The summed E-state index contributed by atoms with van der Waals surface area (Å²) in [6.07, 6.45) is -0.225. The van der Waals surface area contributed by atoms with Crippen molar-refractivity contribution in [2.24, 2.45) is 0 Å². The van der Waals surface area contributed by atoms with Crippen molar-refractivity contribution < 1.29 is 14.2 Å². The van der Waals surface area contributed by atoms with Gasteiger partial charge in [0.25, 0.3) is 0 Å². The lowest BCUT2D eigenvalue weighted by Crippen LogP contribution is -2.52. The average Bonchev–Trinajstić information content (AvgIpc) is 2.66. The van der Waals surface area contributed by atoms with E-state index in [1.165, 1.54) is 12.1 Å². The Morgan fingerprint density at radius 1 is 1.28 bits per heavy atom. The Morgan fingerprint density at radius 3 is 2.68 bits per heavy atom. The van der Waals surface area contributed by atoms with Crippen molar-refractivity contribution in [1.29, 1.82) is 0 Å². The SMILES string of the molecule is CI.O[C@](Cc1ccccc1Cl)(c1cccc(F)c1)[C@H]1CNCCO1. The maximum absolute atomic E-state index is 13.7. The zero-order valence-corrected chi connectivity index (χ0v) is 16.9. The molecule has 2 aromatic carbocycles. The van der Waals surface area contributed by atoms with Crippen LogP contribution in [0.15, 0.2) is 48.5 Å². The Labute approximate surface area is 166 Å². The highest BCUT2D eigenvalue weighted by Gasteiger charge is 2.41. The first-order valence-electron chi connectivity index (χ1n) is 8.01. The normalized spacial score (nSPS) is 19.5. The van der Waals surface area contributed by atoms with Gasteiger partial charge in [-0.05, 0) is 34.3 Å². The number of benzene rings is 2. The van der Waals surface area contributed by atoms with Gasteiger partial charge in [0.15, 0.2) is 0 Å². The number of hydrogen-bond donors (Lipinski definition) is 2. The van der Waals surface area contributed by atoms with Crippen molar-refractivity contribution >= 4 is 34.2 Å². The van der Waals surface area contributed by atoms with E-state index in [9.17, 15) is 9.50 Å². The van der Waals surface area contributed by atoms with Crippen LogP contribution < -0.4 is 5.32 Å². The summed E-state index contributed by atoms with van der Waals surface area (Å²) in [6.45, 7) is 1.74. The molecule has 1 heterocycles. The van der Waals surface area contributed by atoms with Crippen molar-refractivity contribution in [3.05, 3.63) is 70.5 Å². The second-order valence-electron chi connectivity index (χ2n) is 5.77. The molecule has 0 unspecified atom stereocenters. The average molecular weight is 478 g/mol. The predicted octanol–water partition coefficient (Wildman–Crippen LogP) is 3.95. The molecule has 6 heteroatoms. The Kier molecular flexibility index (Phi) is 8.09. The van der Waals surface area contributed by atoms with Gasteiger partial charge in [-0.3, -0.25) is 0 Å². The summed E-state index contributed by atoms with van der Waals surface area (Å²) in [5.41, 5.74) is -0.0678. The second-order valence-corrected chi connectivity index (χ2v) is 6.17. The molecule has 2 atom stereocenters. The number of halogens is 3. The minimum Gasteiger partial charge on any atom is -0.382 e. The maximum atomic E-state index is 13.7. The molecule has 0 amide bonds. The zero-order chi connectivity index (χ0) is 18.3. The molecule has 136 valence electrons. The molecule has 0 bridgehead atoms. The smallest absolute Gasteiger partial charge is 0.123 e. The van der Waals surface area contributed by atoms with E-state index in [-0.39, 0.29) is 12.2 Å². The van der Waals surface area contributed by atoms with E-state index < -0.39 is 11.7 Å². The minimum atomic E-state index is -1.36. The van der Waals surface area contributed by atoms with Crippen molar-refractivity contribution in [3.63, 3.8) is 0 Å². The van der Waals surface area contributed by atoms with Crippen LogP contribution in [-0.4, -0.2) is 35.8 Å². The van der Waals surface area contributed by atoms with Crippen LogP contribution in [0.1, 0.15) is 11.1 Å². The monoisotopic (exact) mass is 477 g/mol. The third-order valence-electron chi connectivity index (χ3n) is 4.20. The van der Waals surface area contributed by atoms with Crippen molar-refractivity contribution in [2.75, 3.05) is 24.6 Å². The number of hydrogen-bond acceptors (Lipinski definition) is 3. The standard InChI is InChI=1S/C18H19ClFNO2.CH3I/c19-16-7-2-1-4-13(16)11-18(22,17-12-21-8-9-23-17)14-5-3-6-15(20)10-14;1-2/h1-7,10,17,21-22H,8-9,11-12H2;1H3/t17-,18-;/m1./s1. The molecule has 25 heavy (non-hydrogen) atoms. The topological polar surface area (TPSA) is 41.5 Å². The van der Waals surface area contributed by atoms with Gasteiger partial charge in [0.2, 0.25) is 0 Å². The van der Waals surface area contributed by atoms with E-state index in [1.807, 2.05) is 23.1 Å². The molecule has 0 spiro atoms. The van der Waals surface area contributed by atoms with Crippen LogP contribution in [0.2, 0.25) is 5.02 Å². The van der Waals surface area contributed by atoms with Crippen LogP contribution in [0.4, 0.5) is 4.39 Å². The fourth-order valence-electron chi connectivity index (χ4n) is 2.96. The van der Waals surface area contributed by atoms with E-state index in [4.69, 9.17) is 16.3 Å². The highest BCUT2D eigenvalue weighted by molar-refractivity contribution is 14.1. The number of nitrogens with one attached hydrogen (secondary N) is 1. The van der Waals surface area contributed by atoms with Gasteiger partial charge < -0.3 is 15.2 Å². The number of morpholine rings is 1. The molecule has 0 saturated carbocycles. The van der Waals surface area contributed by atoms with Gasteiger partial charge in [-0.15, -0.1) is 0 Å². The van der Waals surface area contributed by atoms with Gasteiger partial charge in [0.1, 0.15) is 17.5 Å². The summed E-state index contributed by atoms with van der Waals surface area (Å²) < 4.78 is 19.5. The number of alkyl halides is 1. The fraction of sp³-hybridized carbons (Fsp3) is 0.368. The lowest BCUT2D eigenvalue weighted by molar-refractivity contribution is -0.124. The van der Waals surface area contributed by atoms with Crippen LogP contribution in [0, 0.1) is 5.82 Å². The molecule has 1 fully saturated rings. The molecular weight excluding hydrogens is 456 g/mol. The molecule has 2 aromatic rings. The molecule has 1 aliphatic heterocycles. The molecule has 3 rings (SSSR count).